The van der Waals surface area contributed by atoms with Gasteiger partial charge in [-0.25, -0.2) is 0 Å². The van der Waals surface area contributed by atoms with E-state index in [1.165, 1.54) is 17.7 Å². The van der Waals surface area contributed by atoms with Crippen molar-refractivity contribution in [3.05, 3.63) is 63.1 Å². The van der Waals surface area contributed by atoms with Crippen LogP contribution in [0, 0.1) is 0 Å². The van der Waals surface area contributed by atoms with Crippen LogP contribution in [0.1, 0.15) is 31.2 Å². The smallest absolute Gasteiger partial charge is 0.305 e. The Morgan fingerprint density at radius 2 is 1.63 bits per heavy atom. The molecule has 2 N–H and O–H groups in total. The van der Waals surface area contributed by atoms with Crippen molar-refractivity contribution in [3.8, 4) is 0 Å². The summed E-state index contributed by atoms with van der Waals surface area (Å²) in [6.07, 6.45) is 2.27. The number of hydrogen-bond donors (Lipinski definition) is 2. The molecular weight excluding hydrogens is 467 g/mol. The molecule has 0 heterocycles. The highest BCUT2D eigenvalue weighted by molar-refractivity contribution is 7.80. The monoisotopic (exact) mass is 486 g/mol. The summed E-state index contributed by atoms with van der Waals surface area (Å²) in [7, 11) is 0. The van der Waals surface area contributed by atoms with E-state index in [1.54, 1.807) is 0 Å². The number of halogens is 3. The Morgan fingerprint density at radius 3 is 2.37 bits per heavy atom. The standard InChI is InChI=1S/C21H21Cl3N2O3S/c22-15-12-17(24)18(13-16(15)23)25-21(30)26-19(27)9-4-10-20(28)29-11-5-8-14-6-2-1-3-7-14/h1-3,6-7,12-13H,4-5,8-11H2,(H2,25,26,27,30). The average molecular weight is 488 g/mol. The fourth-order valence-electron chi connectivity index (χ4n) is 2.53. The van der Waals surface area contributed by atoms with Gasteiger partial charge < -0.3 is 15.4 Å². The largest absolute Gasteiger partial charge is 0.466 e. The van der Waals surface area contributed by atoms with E-state index >= 15 is 0 Å². The summed E-state index contributed by atoms with van der Waals surface area (Å²) in [5, 5.41) is 6.33. The third kappa shape index (κ3) is 8.88. The lowest BCUT2D eigenvalue weighted by atomic mass is 10.1. The van der Waals surface area contributed by atoms with Crippen molar-refractivity contribution < 1.29 is 14.3 Å². The van der Waals surface area contributed by atoms with Gasteiger partial charge in [0.25, 0.3) is 0 Å². The molecule has 0 aliphatic carbocycles. The van der Waals surface area contributed by atoms with E-state index in [9.17, 15) is 9.59 Å². The first-order valence-corrected chi connectivity index (χ1v) is 10.8. The van der Waals surface area contributed by atoms with Gasteiger partial charge in [-0.1, -0.05) is 65.1 Å². The molecule has 0 fully saturated rings. The second-order valence-electron chi connectivity index (χ2n) is 6.41. The van der Waals surface area contributed by atoms with Crippen LogP contribution < -0.4 is 10.6 Å². The van der Waals surface area contributed by atoms with Crippen LogP contribution >= 0.6 is 47.0 Å². The van der Waals surface area contributed by atoms with Gasteiger partial charge in [-0.3, -0.25) is 9.59 Å². The van der Waals surface area contributed by atoms with Crippen LogP contribution in [0.2, 0.25) is 15.1 Å². The van der Waals surface area contributed by atoms with Gasteiger partial charge in [0, 0.05) is 12.8 Å². The molecule has 0 aliphatic heterocycles. The first-order chi connectivity index (χ1) is 14.3. The van der Waals surface area contributed by atoms with E-state index in [4.69, 9.17) is 51.8 Å². The van der Waals surface area contributed by atoms with Crippen molar-refractivity contribution in [3.63, 3.8) is 0 Å². The SMILES string of the molecule is O=C(CCCC(=O)OCCCc1ccccc1)NC(=S)Nc1cc(Cl)c(Cl)cc1Cl. The normalized spacial score (nSPS) is 10.4. The van der Waals surface area contributed by atoms with Crippen LogP contribution in [-0.2, 0) is 20.7 Å². The predicted octanol–water partition coefficient (Wildman–Crippen LogP) is 5.81. The number of thiocarbonyl (C=S) groups is 1. The Morgan fingerprint density at radius 1 is 0.933 bits per heavy atom. The van der Waals surface area contributed by atoms with Crippen molar-refractivity contribution in [1.82, 2.24) is 5.32 Å². The van der Waals surface area contributed by atoms with Crippen LogP contribution in [0.3, 0.4) is 0 Å². The first kappa shape index (κ1) is 24.4. The van der Waals surface area contributed by atoms with Gasteiger partial charge in [0.05, 0.1) is 27.4 Å². The van der Waals surface area contributed by atoms with Crippen LogP contribution in [0.25, 0.3) is 0 Å². The first-order valence-electron chi connectivity index (χ1n) is 9.30. The quantitative estimate of drug-likeness (QED) is 0.202. The lowest BCUT2D eigenvalue weighted by molar-refractivity contribution is -0.143. The molecule has 1 amide bonds. The number of ether oxygens (including phenoxy) is 1. The van der Waals surface area contributed by atoms with Crippen LogP contribution in [0.4, 0.5) is 5.69 Å². The molecule has 160 valence electrons. The van der Waals surface area contributed by atoms with Gasteiger partial charge >= 0.3 is 5.97 Å². The van der Waals surface area contributed by atoms with Gasteiger partial charge in [-0.2, -0.15) is 0 Å². The molecule has 2 aromatic carbocycles. The number of hydrogen-bond acceptors (Lipinski definition) is 4. The molecule has 0 aliphatic rings. The summed E-state index contributed by atoms with van der Waals surface area (Å²) >= 11 is 23.0. The van der Waals surface area contributed by atoms with E-state index in [0.29, 0.717) is 33.8 Å². The molecule has 0 saturated carbocycles. The third-order valence-electron chi connectivity index (χ3n) is 4.01. The molecular formula is C21H21Cl3N2O3S. The molecule has 0 spiro atoms. The van der Waals surface area contributed by atoms with Crippen molar-refractivity contribution in [2.24, 2.45) is 0 Å². The number of esters is 1. The zero-order valence-electron chi connectivity index (χ0n) is 16.1. The molecule has 0 atom stereocenters. The molecule has 5 nitrogen and oxygen atoms in total. The molecule has 30 heavy (non-hydrogen) atoms. The van der Waals surface area contributed by atoms with Crippen molar-refractivity contribution in [2.45, 2.75) is 32.1 Å². The van der Waals surface area contributed by atoms with Crippen LogP contribution in [-0.4, -0.2) is 23.6 Å². The minimum absolute atomic E-state index is 0.0729. The molecule has 0 unspecified atom stereocenters. The Bertz CT molecular complexity index is 895. The Balaban J connectivity index is 1.60. The number of carbonyl (C=O) groups excluding carboxylic acids is 2. The van der Waals surface area contributed by atoms with Gasteiger partial charge in [0.1, 0.15) is 0 Å². The lowest BCUT2D eigenvalue weighted by Crippen LogP contribution is -2.34. The molecule has 0 bridgehead atoms. The summed E-state index contributed by atoms with van der Waals surface area (Å²) < 4.78 is 5.19. The highest BCUT2D eigenvalue weighted by atomic mass is 35.5. The number of carbonyl (C=O) groups is 2. The van der Waals surface area contributed by atoms with Crippen LogP contribution in [0.5, 0.6) is 0 Å². The van der Waals surface area contributed by atoms with E-state index in [-0.39, 0.29) is 29.8 Å². The average Bonchev–Trinajstić information content (AvgIpc) is 2.70. The van der Waals surface area contributed by atoms with E-state index in [0.717, 1.165) is 12.8 Å². The number of benzene rings is 2. The summed E-state index contributed by atoms with van der Waals surface area (Å²) in [5.41, 5.74) is 1.63. The van der Waals surface area contributed by atoms with Gasteiger partial charge in [0.2, 0.25) is 5.91 Å². The zero-order valence-corrected chi connectivity index (χ0v) is 19.1. The second kappa shape index (κ2) is 12.7. The lowest BCUT2D eigenvalue weighted by Gasteiger charge is -2.12. The van der Waals surface area contributed by atoms with Crippen LogP contribution in [0.15, 0.2) is 42.5 Å². The topological polar surface area (TPSA) is 67.4 Å². The Labute approximate surface area is 196 Å². The van der Waals surface area contributed by atoms with Crippen molar-refractivity contribution in [1.29, 1.82) is 0 Å². The maximum absolute atomic E-state index is 12.0. The predicted molar refractivity (Wildman–Crippen MR) is 125 cm³/mol. The summed E-state index contributed by atoms with van der Waals surface area (Å²) in [6, 6.07) is 13.0. The summed E-state index contributed by atoms with van der Waals surface area (Å²) in [4.78, 5) is 23.7. The molecule has 2 aromatic rings. The Hall–Kier alpha value is -1.86. The number of anilines is 1. The van der Waals surface area contributed by atoms with Gasteiger partial charge in [0.15, 0.2) is 5.11 Å². The Kier molecular flexibility index (Phi) is 10.4. The van der Waals surface area contributed by atoms with Gasteiger partial charge in [-0.05, 0) is 49.2 Å². The summed E-state index contributed by atoms with van der Waals surface area (Å²) in [6.45, 7) is 0.359. The molecule has 0 aromatic heterocycles. The highest BCUT2D eigenvalue weighted by Gasteiger charge is 2.11. The third-order valence-corrected chi connectivity index (χ3v) is 5.25. The minimum Gasteiger partial charge on any atom is -0.466 e. The van der Waals surface area contributed by atoms with E-state index in [1.807, 2.05) is 30.3 Å². The summed E-state index contributed by atoms with van der Waals surface area (Å²) in [5.74, 6) is -0.639. The fraction of sp³-hybridized carbons (Fsp3) is 0.286. The highest BCUT2D eigenvalue weighted by Crippen LogP contribution is 2.32. The number of aryl methyl sites for hydroxylation is 1. The fourth-order valence-corrected chi connectivity index (χ4v) is 3.35. The molecule has 9 heteroatoms. The van der Waals surface area contributed by atoms with Crippen molar-refractivity contribution >= 4 is 69.7 Å². The molecule has 0 saturated heterocycles. The van der Waals surface area contributed by atoms with Crippen molar-refractivity contribution in [2.75, 3.05) is 11.9 Å². The number of rotatable bonds is 9. The zero-order chi connectivity index (χ0) is 21.9. The number of amides is 1. The van der Waals surface area contributed by atoms with E-state index < -0.39 is 0 Å². The maximum Gasteiger partial charge on any atom is 0.305 e. The minimum atomic E-state index is -0.320. The number of nitrogens with one attached hydrogen (secondary N) is 2. The molecule has 2 rings (SSSR count). The van der Waals surface area contributed by atoms with Gasteiger partial charge in [-0.15, -0.1) is 0 Å². The van der Waals surface area contributed by atoms with E-state index in [2.05, 4.69) is 10.6 Å². The molecule has 0 radical (unpaired) electrons. The maximum atomic E-state index is 12.0. The second-order valence-corrected chi connectivity index (χ2v) is 8.04.